The third-order valence-electron chi connectivity index (χ3n) is 3.61. The van der Waals surface area contributed by atoms with Crippen LogP contribution in [0.4, 0.5) is 0 Å². The predicted molar refractivity (Wildman–Crippen MR) is 84.8 cm³/mol. The van der Waals surface area contributed by atoms with E-state index >= 15 is 0 Å². The molecule has 0 spiro atoms. The lowest BCUT2D eigenvalue weighted by molar-refractivity contribution is 0.514. The van der Waals surface area contributed by atoms with Gasteiger partial charge < -0.3 is 5.32 Å². The highest BCUT2D eigenvalue weighted by molar-refractivity contribution is 7.99. The van der Waals surface area contributed by atoms with E-state index in [0.29, 0.717) is 6.04 Å². The van der Waals surface area contributed by atoms with Gasteiger partial charge in [-0.25, -0.2) is 0 Å². The van der Waals surface area contributed by atoms with Crippen LogP contribution in [0.5, 0.6) is 0 Å². The Hall–Kier alpha value is 0.01000. The second-order valence-electron chi connectivity index (χ2n) is 5.15. The first-order valence-electron chi connectivity index (χ1n) is 7.21. The van der Waals surface area contributed by atoms with Crippen LogP contribution < -0.4 is 5.32 Å². The fourth-order valence-electron chi connectivity index (χ4n) is 2.59. The second-order valence-corrected chi connectivity index (χ2v) is 7.80. The van der Waals surface area contributed by atoms with Crippen LogP contribution in [0, 0.1) is 6.92 Å². The van der Waals surface area contributed by atoms with Crippen LogP contribution in [-0.4, -0.2) is 17.5 Å². The molecular weight excluding hydrogens is 258 g/mol. The number of hydrogen-bond acceptors (Lipinski definition) is 3. The van der Waals surface area contributed by atoms with E-state index in [1.807, 2.05) is 11.3 Å². The predicted octanol–water partition coefficient (Wildman–Crippen LogP) is 4.77. The SMILES string of the molecule is CCNC(CSC1CCCCC1)c1ccc(C)s1. The van der Waals surface area contributed by atoms with Crippen molar-refractivity contribution in [2.75, 3.05) is 12.3 Å². The average Bonchev–Trinajstić information content (AvgIpc) is 2.82. The molecule has 0 bridgehead atoms. The zero-order chi connectivity index (χ0) is 12.8. The summed E-state index contributed by atoms with van der Waals surface area (Å²) in [6.45, 7) is 5.47. The average molecular weight is 284 g/mol. The van der Waals surface area contributed by atoms with Crippen molar-refractivity contribution < 1.29 is 0 Å². The normalized spacial score (nSPS) is 19.0. The zero-order valence-corrected chi connectivity index (χ0v) is 13.2. The van der Waals surface area contributed by atoms with Gasteiger partial charge in [-0.1, -0.05) is 26.2 Å². The highest BCUT2D eigenvalue weighted by atomic mass is 32.2. The Labute approximate surface area is 120 Å². The molecular formula is C15H25NS2. The maximum atomic E-state index is 3.64. The van der Waals surface area contributed by atoms with Gasteiger partial charge in [-0.15, -0.1) is 11.3 Å². The van der Waals surface area contributed by atoms with Crippen LogP contribution in [0.1, 0.15) is 54.8 Å². The van der Waals surface area contributed by atoms with E-state index in [4.69, 9.17) is 0 Å². The Balaban J connectivity index is 1.85. The summed E-state index contributed by atoms with van der Waals surface area (Å²) in [7, 11) is 0. The van der Waals surface area contributed by atoms with Crippen molar-refractivity contribution in [3.8, 4) is 0 Å². The first-order valence-corrected chi connectivity index (χ1v) is 9.07. The molecule has 1 nitrogen and oxygen atoms in total. The molecule has 0 radical (unpaired) electrons. The van der Waals surface area contributed by atoms with Gasteiger partial charge >= 0.3 is 0 Å². The third-order valence-corrected chi connectivity index (χ3v) is 6.19. The molecule has 0 aliphatic heterocycles. The van der Waals surface area contributed by atoms with Gasteiger partial charge in [0, 0.05) is 20.8 Å². The van der Waals surface area contributed by atoms with E-state index < -0.39 is 0 Å². The van der Waals surface area contributed by atoms with E-state index in [1.54, 1.807) is 0 Å². The monoisotopic (exact) mass is 283 g/mol. The highest BCUT2D eigenvalue weighted by Gasteiger charge is 2.18. The lowest BCUT2D eigenvalue weighted by Gasteiger charge is -2.24. The largest absolute Gasteiger partial charge is 0.309 e. The lowest BCUT2D eigenvalue weighted by atomic mass is 10.0. The van der Waals surface area contributed by atoms with E-state index in [1.165, 1.54) is 47.6 Å². The molecule has 1 N–H and O–H groups in total. The van der Waals surface area contributed by atoms with E-state index in [-0.39, 0.29) is 0 Å². The maximum Gasteiger partial charge on any atom is 0.0506 e. The van der Waals surface area contributed by atoms with Crippen molar-refractivity contribution >= 4 is 23.1 Å². The van der Waals surface area contributed by atoms with E-state index in [0.717, 1.165) is 11.8 Å². The number of nitrogens with one attached hydrogen (secondary N) is 1. The Morgan fingerprint density at radius 2 is 2.11 bits per heavy atom. The number of thiophene rings is 1. The molecule has 3 heteroatoms. The molecule has 1 fully saturated rings. The molecule has 1 heterocycles. The molecule has 102 valence electrons. The third kappa shape index (κ3) is 4.29. The molecule has 1 atom stereocenters. The highest BCUT2D eigenvalue weighted by Crippen LogP contribution is 2.32. The lowest BCUT2D eigenvalue weighted by Crippen LogP contribution is -2.23. The minimum absolute atomic E-state index is 0.556. The van der Waals surface area contributed by atoms with Crippen molar-refractivity contribution in [2.45, 2.75) is 57.2 Å². The summed E-state index contributed by atoms with van der Waals surface area (Å²) in [6, 6.07) is 5.10. The van der Waals surface area contributed by atoms with Crippen LogP contribution >= 0.6 is 23.1 Å². The van der Waals surface area contributed by atoms with Crippen LogP contribution in [0.15, 0.2) is 12.1 Å². The van der Waals surface area contributed by atoms with Crippen LogP contribution in [0.25, 0.3) is 0 Å². The molecule has 2 rings (SSSR count). The smallest absolute Gasteiger partial charge is 0.0506 e. The maximum absolute atomic E-state index is 3.64. The summed E-state index contributed by atoms with van der Waals surface area (Å²) in [6.07, 6.45) is 7.22. The van der Waals surface area contributed by atoms with Gasteiger partial charge in [-0.05, 0) is 38.4 Å². The number of aryl methyl sites for hydroxylation is 1. The van der Waals surface area contributed by atoms with Gasteiger partial charge in [0.2, 0.25) is 0 Å². The van der Waals surface area contributed by atoms with Gasteiger partial charge in [0.05, 0.1) is 6.04 Å². The first-order chi connectivity index (χ1) is 8.79. The number of thioether (sulfide) groups is 1. The summed E-state index contributed by atoms with van der Waals surface area (Å²) in [4.78, 5) is 2.94. The summed E-state index contributed by atoms with van der Waals surface area (Å²) >= 11 is 4.14. The van der Waals surface area contributed by atoms with Crippen molar-refractivity contribution in [1.82, 2.24) is 5.32 Å². The molecule has 1 aromatic rings. The van der Waals surface area contributed by atoms with Gasteiger partial charge in [0.1, 0.15) is 0 Å². The first kappa shape index (κ1) is 14.4. The number of hydrogen-bond donors (Lipinski definition) is 1. The minimum atomic E-state index is 0.556. The molecule has 0 amide bonds. The van der Waals surface area contributed by atoms with Crippen LogP contribution in [-0.2, 0) is 0 Å². The molecule has 0 saturated heterocycles. The van der Waals surface area contributed by atoms with Crippen LogP contribution in [0.3, 0.4) is 0 Å². The van der Waals surface area contributed by atoms with E-state index in [2.05, 4.69) is 43.1 Å². The standard InChI is InChI=1S/C15H25NS2/c1-3-16-14(15-10-9-12(2)18-15)11-17-13-7-5-4-6-8-13/h9-10,13-14,16H,3-8,11H2,1-2H3. The van der Waals surface area contributed by atoms with Crippen molar-refractivity contribution in [3.63, 3.8) is 0 Å². The molecule has 1 aliphatic rings. The molecule has 1 saturated carbocycles. The molecule has 1 aliphatic carbocycles. The van der Waals surface area contributed by atoms with Crippen molar-refractivity contribution in [3.05, 3.63) is 21.9 Å². The Bertz CT molecular complexity index is 342. The van der Waals surface area contributed by atoms with Gasteiger partial charge in [-0.2, -0.15) is 11.8 Å². The number of rotatable bonds is 6. The molecule has 1 unspecified atom stereocenters. The fraction of sp³-hybridized carbons (Fsp3) is 0.733. The molecule has 1 aromatic heterocycles. The van der Waals surface area contributed by atoms with Crippen molar-refractivity contribution in [1.29, 1.82) is 0 Å². The summed E-state index contributed by atoms with van der Waals surface area (Å²) < 4.78 is 0. The fourth-order valence-corrected chi connectivity index (χ4v) is 5.08. The quantitative estimate of drug-likeness (QED) is 0.807. The van der Waals surface area contributed by atoms with E-state index in [9.17, 15) is 0 Å². The Morgan fingerprint density at radius 1 is 1.33 bits per heavy atom. The van der Waals surface area contributed by atoms with Crippen molar-refractivity contribution in [2.24, 2.45) is 0 Å². The van der Waals surface area contributed by atoms with Gasteiger partial charge in [-0.3, -0.25) is 0 Å². The Morgan fingerprint density at radius 3 is 2.72 bits per heavy atom. The minimum Gasteiger partial charge on any atom is -0.309 e. The van der Waals surface area contributed by atoms with Crippen LogP contribution in [0.2, 0.25) is 0 Å². The Kier molecular flexibility index (Phi) is 6.06. The summed E-state index contributed by atoms with van der Waals surface area (Å²) in [5.74, 6) is 1.23. The molecule has 0 aromatic carbocycles. The van der Waals surface area contributed by atoms with Gasteiger partial charge in [0.25, 0.3) is 0 Å². The topological polar surface area (TPSA) is 12.0 Å². The molecule has 18 heavy (non-hydrogen) atoms. The second kappa shape index (κ2) is 7.56. The summed E-state index contributed by atoms with van der Waals surface area (Å²) in [5.41, 5.74) is 0. The van der Waals surface area contributed by atoms with Gasteiger partial charge in [0.15, 0.2) is 0 Å². The zero-order valence-electron chi connectivity index (χ0n) is 11.6. The summed E-state index contributed by atoms with van der Waals surface area (Å²) in [5, 5.41) is 4.56.